The molecule has 1 aromatic heterocycles. The van der Waals surface area contributed by atoms with Gasteiger partial charge in [-0.3, -0.25) is 9.69 Å². The van der Waals surface area contributed by atoms with E-state index in [-0.39, 0.29) is 12.5 Å². The van der Waals surface area contributed by atoms with Crippen LogP contribution in [-0.2, 0) is 21.7 Å². The Morgan fingerprint density at radius 3 is 2.62 bits per heavy atom. The standard InChI is InChI=1S/C21H27N3O4S/c25-20(15-28-17-4-2-1-3-5-17)24-8-6-21(26,7-9-24)18-16-29-19(22-18)14-23-10-12-27-13-11-23/h1-5,16,26H,6-15H2. The Bertz CT molecular complexity index is 799. The van der Waals surface area contributed by atoms with Crippen molar-refractivity contribution < 1.29 is 19.4 Å². The molecule has 2 aliphatic heterocycles. The van der Waals surface area contributed by atoms with Crippen LogP contribution in [0.2, 0.25) is 0 Å². The van der Waals surface area contributed by atoms with Crippen molar-refractivity contribution in [2.75, 3.05) is 46.0 Å². The second-order valence-electron chi connectivity index (χ2n) is 7.53. The van der Waals surface area contributed by atoms with Crippen LogP contribution < -0.4 is 4.74 Å². The molecule has 2 aliphatic rings. The number of hydrogen-bond acceptors (Lipinski definition) is 7. The number of para-hydroxylation sites is 1. The fourth-order valence-electron chi connectivity index (χ4n) is 3.68. The first kappa shape index (κ1) is 20.3. The summed E-state index contributed by atoms with van der Waals surface area (Å²) in [7, 11) is 0. The molecule has 156 valence electrons. The quantitative estimate of drug-likeness (QED) is 0.773. The second-order valence-corrected chi connectivity index (χ2v) is 8.47. The van der Waals surface area contributed by atoms with Gasteiger partial charge in [0.15, 0.2) is 6.61 Å². The number of piperidine rings is 1. The zero-order chi connectivity index (χ0) is 20.1. The van der Waals surface area contributed by atoms with Gasteiger partial charge < -0.3 is 19.5 Å². The maximum Gasteiger partial charge on any atom is 0.260 e. The van der Waals surface area contributed by atoms with Gasteiger partial charge in [-0.1, -0.05) is 18.2 Å². The minimum Gasteiger partial charge on any atom is -0.484 e. The molecule has 2 saturated heterocycles. The molecule has 4 rings (SSSR count). The van der Waals surface area contributed by atoms with E-state index in [1.807, 2.05) is 35.7 Å². The van der Waals surface area contributed by atoms with Gasteiger partial charge in [-0.05, 0) is 25.0 Å². The number of aliphatic hydroxyl groups is 1. The number of thiazole rings is 1. The van der Waals surface area contributed by atoms with Gasteiger partial charge in [-0.25, -0.2) is 4.98 Å². The van der Waals surface area contributed by atoms with Crippen molar-refractivity contribution >= 4 is 17.2 Å². The number of ether oxygens (including phenoxy) is 2. The number of carbonyl (C=O) groups excluding carboxylic acids is 1. The molecule has 2 aromatic rings. The molecule has 0 radical (unpaired) electrons. The van der Waals surface area contributed by atoms with E-state index in [0.717, 1.165) is 43.5 Å². The summed E-state index contributed by atoms with van der Waals surface area (Å²) in [6.07, 6.45) is 0.982. The molecule has 1 amide bonds. The minimum absolute atomic E-state index is 0.0167. The van der Waals surface area contributed by atoms with Crippen molar-refractivity contribution in [3.63, 3.8) is 0 Å². The van der Waals surface area contributed by atoms with Gasteiger partial charge in [0, 0.05) is 31.6 Å². The van der Waals surface area contributed by atoms with Crippen LogP contribution in [0, 0.1) is 0 Å². The fraction of sp³-hybridized carbons (Fsp3) is 0.524. The molecule has 0 spiro atoms. The molecule has 8 heteroatoms. The molecule has 0 saturated carbocycles. The highest BCUT2D eigenvalue weighted by Gasteiger charge is 2.37. The van der Waals surface area contributed by atoms with Gasteiger partial charge in [0.25, 0.3) is 5.91 Å². The van der Waals surface area contributed by atoms with Gasteiger partial charge in [-0.2, -0.15) is 0 Å². The summed E-state index contributed by atoms with van der Waals surface area (Å²) in [5, 5.41) is 14.1. The molecule has 0 atom stereocenters. The molecule has 0 unspecified atom stereocenters. The SMILES string of the molecule is O=C(COc1ccccc1)N1CCC(O)(c2csc(CN3CCOCC3)n2)CC1. The van der Waals surface area contributed by atoms with E-state index >= 15 is 0 Å². The number of hydrogen-bond donors (Lipinski definition) is 1. The molecule has 7 nitrogen and oxygen atoms in total. The Hall–Kier alpha value is -2.00. The first-order valence-corrected chi connectivity index (χ1v) is 10.9. The topological polar surface area (TPSA) is 75.1 Å². The highest BCUT2D eigenvalue weighted by Crippen LogP contribution is 2.33. The van der Waals surface area contributed by atoms with Crippen molar-refractivity contribution in [3.8, 4) is 5.75 Å². The number of aromatic nitrogens is 1. The van der Waals surface area contributed by atoms with Gasteiger partial charge in [-0.15, -0.1) is 11.3 Å². The predicted octanol–water partition coefficient (Wildman–Crippen LogP) is 1.86. The van der Waals surface area contributed by atoms with Gasteiger partial charge in [0.2, 0.25) is 0 Å². The Labute approximate surface area is 174 Å². The van der Waals surface area contributed by atoms with Crippen LogP contribution in [-0.4, -0.2) is 71.8 Å². The van der Waals surface area contributed by atoms with Crippen LogP contribution in [0.15, 0.2) is 35.7 Å². The lowest BCUT2D eigenvalue weighted by atomic mass is 9.89. The summed E-state index contributed by atoms with van der Waals surface area (Å²) in [6.45, 7) is 5.19. The Morgan fingerprint density at radius 2 is 1.90 bits per heavy atom. The maximum atomic E-state index is 12.4. The smallest absolute Gasteiger partial charge is 0.260 e. The third kappa shape index (κ3) is 5.14. The van der Waals surface area contributed by atoms with Crippen molar-refractivity contribution in [2.45, 2.75) is 25.0 Å². The molecule has 2 fully saturated rings. The van der Waals surface area contributed by atoms with Crippen LogP contribution in [0.3, 0.4) is 0 Å². The first-order valence-electron chi connectivity index (χ1n) is 10.1. The Kier molecular flexibility index (Phi) is 6.44. The average Bonchev–Trinajstić information content (AvgIpc) is 3.23. The molecular weight excluding hydrogens is 390 g/mol. The molecule has 29 heavy (non-hydrogen) atoms. The molecule has 1 aromatic carbocycles. The number of carbonyl (C=O) groups is 1. The van der Waals surface area contributed by atoms with E-state index in [4.69, 9.17) is 14.5 Å². The molecule has 3 heterocycles. The van der Waals surface area contributed by atoms with Crippen LogP contribution in [0.5, 0.6) is 5.75 Å². The van der Waals surface area contributed by atoms with Gasteiger partial charge >= 0.3 is 0 Å². The van der Waals surface area contributed by atoms with E-state index in [0.29, 0.717) is 31.7 Å². The highest BCUT2D eigenvalue weighted by atomic mass is 32.1. The largest absolute Gasteiger partial charge is 0.484 e. The monoisotopic (exact) mass is 417 g/mol. The molecule has 0 aliphatic carbocycles. The van der Waals surface area contributed by atoms with Crippen LogP contribution in [0.1, 0.15) is 23.5 Å². The summed E-state index contributed by atoms with van der Waals surface area (Å²) in [5.41, 5.74) is -0.227. The van der Waals surface area contributed by atoms with Crippen LogP contribution >= 0.6 is 11.3 Å². The van der Waals surface area contributed by atoms with E-state index in [1.54, 1.807) is 16.2 Å². The zero-order valence-electron chi connectivity index (χ0n) is 16.5. The number of benzene rings is 1. The van der Waals surface area contributed by atoms with Gasteiger partial charge in [0.1, 0.15) is 16.4 Å². The van der Waals surface area contributed by atoms with E-state index in [9.17, 15) is 9.90 Å². The summed E-state index contributed by atoms with van der Waals surface area (Å²) >= 11 is 1.59. The van der Waals surface area contributed by atoms with Gasteiger partial charge in [0.05, 0.1) is 25.5 Å². The number of rotatable bonds is 6. The van der Waals surface area contributed by atoms with Crippen molar-refractivity contribution in [2.24, 2.45) is 0 Å². The maximum absolute atomic E-state index is 12.4. The molecule has 0 bridgehead atoms. The molecule has 1 N–H and O–H groups in total. The zero-order valence-corrected chi connectivity index (χ0v) is 17.3. The van der Waals surface area contributed by atoms with E-state index < -0.39 is 5.60 Å². The Morgan fingerprint density at radius 1 is 1.17 bits per heavy atom. The first-order chi connectivity index (χ1) is 14.1. The third-order valence-corrected chi connectivity index (χ3v) is 6.37. The van der Waals surface area contributed by atoms with Crippen molar-refractivity contribution in [1.82, 2.24) is 14.8 Å². The highest BCUT2D eigenvalue weighted by molar-refractivity contribution is 7.09. The fourth-order valence-corrected chi connectivity index (χ4v) is 4.61. The molecular formula is C21H27N3O4S. The van der Waals surface area contributed by atoms with E-state index in [1.165, 1.54) is 0 Å². The van der Waals surface area contributed by atoms with Crippen LogP contribution in [0.25, 0.3) is 0 Å². The number of likely N-dealkylation sites (tertiary alicyclic amines) is 1. The lowest BCUT2D eigenvalue weighted by molar-refractivity contribution is -0.138. The number of amides is 1. The summed E-state index contributed by atoms with van der Waals surface area (Å²) in [4.78, 5) is 21.2. The van der Waals surface area contributed by atoms with E-state index in [2.05, 4.69) is 4.90 Å². The normalized spacial score (nSPS) is 19.8. The minimum atomic E-state index is -0.961. The van der Waals surface area contributed by atoms with Crippen molar-refractivity contribution in [1.29, 1.82) is 0 Å². The summed E-state index contributed by atoms with van der Waals surface area (Å²) in [5.74, 6) is 0.631. The van der Waals surface area contributed by atoms with Crippen molar-refractivity contribution in [3.05, 3.63) is 46.4 Å². The lowest BCUT2D eigenvalue weighted by Crippen LogP contribution is -2.46. The Balaban J connectivity index is 1.28. The second kappa shape index (κ2) is 9.21. The predicted molar refractivity (Wildman–Crippen MR) is 110 cm³/mol. The average molecular weight is 418 g/mol. The lowest BCUT2D eigenvalue weighted by Gasteiger charge is -2.37. The summed E-state index contributed by atoms with van der Waals surface area (Å²) in [6, 6.07) is 9.33. The van der Waals surface area contributed by atoms with Crippen LogP contribution in [0.4, 0.5) is 0 Å². The number of nitrogens with zero attached hydrogens (tertiary/aromatic N) is 3. The summed E-state index contributed by atoms with van der Waals surface area (Å²) < 4.78 is 10.9. The third-order valence-electron chi connectivity index (χ3n) is 5.54. The number of morpholine rings is 1.